The third-order valence-corrected chi connectivity index (χ3v) is 7.01. The average molecular weight is 419 g/mol. The zero-order valence-corrected chi connectivity index (χ0v) is 18.7. The molecule has 2 aromatic carbocycles. The van der Waals surface area contributed by atoms with E-state index in [9.17, 15) is 9.59 Å². The first kappa shape index (κ1) is 21.8. The van der Waals surface area contributed by atoms with Gasteiger partial charge in [0.05, 0.1) is 0 Å². The fraction of sp³-hybridized carbons (Fsp3) is 0.481. The molecule has 4 nitrogen and oxygen atoms in total. The Morgan fingerprint density at radius 1 is 0.903 bits per heavy atom. The molecular formula is C27H34N2O2. The second-order valence-electron chi connectivity index (χ2n) is 9.16. The minimum Gasteiger partial charge on any atom is -0.343 e. The molecule has 1 saturated heterocycles. The predicted molar refractivity (Wildman–Crippen MR) is 124 cm³/mol. The van der Waals surface area contributed by atoms with Crippen molar-refractivity contribution in [2.75, 3.05) is 26.2 Å². The lowest BCUT2D eigenvalue weighted by atomic mass is 9.89. The van der Waals surface area contributed by atoms with Crippen LogP contribution in [0.2, 0.25) is 0 Å². The van der Waals surface area contributed by atoms with E-state index in [1.165, 1.54) is 16.7 Å². The smallest absolute Gasteiger partial charge is 0.219 e. The van der Waals surface area contributed by atoms with Gasteiger partial charge in [-0.25, -0.2) is 0 Å². The van der Waals surface area contributed by atoms with E-state index in [1.807, 2.05) is 11.0 Å². The summed E-state index contributed by atoms with van der Waals surface area (Å²) in [6.07, 6.45) is 5.65. The molecule has 2 heterocycles. The number of benzene rings is 2. The Bertz CT molecular complexity index is 901. The van der Waals surface area contributed by atoms with Gasteiger partial charge in [-0.2, -0.15) is 0 Å². The molecule has 2 aliphatic heterocycles. The molecule has 0 radical (unpaired) electrons. The van der Waals surface area contributed by atoms with Crippen LogP contribution in [0.3, 0.4) is 0 Å². The van der Waals surface area contributed by atoms with Gasteiger partial charge in [0.1, 0.15) is 0 Å². The third-order valence-electron chi connectivity index (χ3n) is 7.01. The maximum absolute atomic E-state index is 12.9. The summed E-state index contributed by atoms with van der Waals surface area (Å²) in [4.78, 5) is 28.8. The molecule has 164 valence electrons. The van der Waals surface area contributed by atoms with Gasteiger partial charge in [-0.3, -0.25) is 14.5 Å². The molecule has 0 N–H and O–H groups in total. The van der Waals surface area contributed by atoms with Gasteiger partial charge in [0.15, 0.2) is 5.78 Å². The van der Waals surface area contributed by atoms with Crippen LogP contribution in [0.15, 0.2) is 48.5 Å². The predicted octanol–water partition coefficient (Wildman–Crippen LogP) is 4.51. The summed E-state index contributed by atoms with van der Waals surface area (Å²) in [7, 11) is 0. The lowest BCUT2D eigenvalue weighted by Gasteiger charge is -2.31. The largest absolute Gasteiger partial charge is 0.343 e. The minimum atomic E-state index is 0.168. The second-order valence-corrected chi connectivity index (χ2v) is 9.16. The first-order valence-corrected chi connectivity index (χ1v) is 11.8. The van der Waals surface area contributed by atoms with E-state index in [2.05, 4.69) is 47.4 Å². The lowest BCUT2D eigenvalue weighted by Crippen LogP contribution is -2.37. The van der Waals surface area contributed by atoms with Crippen molar-refractivity contribution in [2.24, 2.45) is 5.92 Å². The molecule has 4 heteroatoms. The van der Waals surface area contributed by atoms with Crippen molar-refractivity contribution in [3.63, 3.8) is 0 Å². The van der Waals surface area contributed by atoms with E-state index < -0.39 is 0 Å². The number of Topliss-reactive ketones (excluding diaryl/α,β-unsaturated/α-hetero) is 1. The molecule has 31 heavy (non-hydrogen) atoms. The quantitative estimate of drug-likeness (QED) is 0.648. The van der Waals surface area contributed by atoms with Crippen LogP contribution in [0.25, 0.3) is 0 Å². The number of hydrogen-bond acceptors (Lipinski definition) is 3. The number of amides is 1. The number of piperidine rings is 1. The van der Waals surface area contributed by atoms with Gasteiger partial charge in [-0.15, -0.1) is 0 Å². The summed E-state index contributed by atoms with van der Waals surface area (Å²) in [6.45, 7) is 6.41. The zero-order chi connectivity index (χ0) is 21.6. The van der Waals surface area contributed by atoms with Crippen LogP contribution in [0.4, 0.5) is 0 Å². The van der Waals surface area contributed by atoms with Gasteiger partial charge in [0.25, 0.3) is 0 Å². The number of hydrogen-bond donors (Lipinski definition) is 0. The highest BCUT2D eigenvalue weighted by molar-refractivity contribution is 5.96. The van der Waals surface area contributed by atoms with Crippen LogP contribution in [-0.4, -0.2) is 47.7 Å². The molecule has 2 aliphatic rings. The Morgan fingerprint density at radius 2 is 1.61 bits per heavy atom. The number of fused-ring (bicyclic) bond motifs is 1. The molecule has 0 aromatic heterocycles. The topological polar surface area (TPSA) is 40.6 Å². The van der Waals surface area contributed by atoms with E-state index in [1.54, 1.807) is 6.92 Å². The number of likely N-dealkylation sites (tertiary alicyclic amines) is 1. The fourth-order valence-electron chi connectivity index (χ4n) is 4.96. The Labute approximate surface area is 186 Å². The van der Waals surface area contributed by atoms with Gasteiger partial charge >= 0.3 is 0 Å². The first-order valence-electron chi connectivity index (χ1n) is 11.8. The molecule has 0 aliphatic carbocycles. The van der Waals surface area contributed by atoms with Crippen LogP contribution in [0.1, 0.15) is 59.7 Å². The summed E-state index contributed by atoms with van der Waals surface area (Å²) in [5.74, 6) is 0.996. The second kappa shape index (κ2) is 10.2. The number of nitrogens with zero attached hydrogens (tertiary/aromatic N) is 2. The molecule has 1 amide bonds. The average Bonchev–Trinajstić information content (AvgIpc) is 3.00. The Hall–Kier alpha value is -2.46. The highest BCUT2D eigenvalue weighted by Gasteiger charge is 2.22. The van der Waals surface area contributed by atoms with E-state index in [0.717, 1.165) is 70.4 Å². The molecule has 0 spiro atoms. The summed E-state index contributed by atoms with van der Waals surface area (Å²) in [5, 5.41) is 0. The highest BCUT2D eigenvalue weighted by atomic mass is 16.2. The van der Waals surface area contributed by atoms with Gasteiger partial charge in [0.2, 0.25) is 5.91 Å². The van der Waals surface area contributed by atoms with Crippen LogP contribution in [-0.2, 0) is 24.2 Å². The summed E-state index contributed by atoms with van der Waals surface area (Å²) in [5.41, 5.74) is 4.97. The monoisotopic (exact) mass is 418 g/mol. The number of ketones is 1. The van der Waals surface area contributed by atoms with Gasteiger partial charge in [-0.05, 0) is 60.8 Å². The molecule has 4 rings (SSSR count). The fourth-order valence-corrected chi connectivity index (χ4v) is 4.96. The summed E-state index contributed by atoms with van der Waals surface area (Å²) >= 11 is 0. The maximum Gasteiger partial charge on any atom is 0.219 e. The number of carbonyl (C=O) groups is 2. The van der Waals surface area contributed by atoms with Crippen LogP contribution in [0, 0.1) is 5.92 Å². The maximum atomic E-state index is 12.9. The van der Waals surface area contributed by atoms with E-state index in [-0.39, 0.29) is 11.7 Å². The van der Waals surface area contributed by atoms with Crippen LogP contribution in [0.5, 0.6) is 0 Å². The number of rotatable bonds is 6. The van der Waals surface area contributed by atoms with Crippen LogP contribution >= 0.6 is 0 Å². The highest BCUT2D eigenvalue weighted by Crippen LogP contribution is 2.24. The molecule has 0 atom stereocenters. The normalized spacial score (nSPS) is 17.8. The Morgan fingerprint density at radius 3 is 2.32 bits per heavy atom. The van der Waals surface area contributed by atoms with Crippen molar-refractivity contribution in [3.8, 4) is 0 Å². The van der Waals surface area contributed by atoms with Crippen molar-refractivity contribution < 1.29 is 9.59 Å². The van der Waals surface area contributed by atoms with Gasteiger partial charge in [0, 0.05) is 51.6 Å². The zero-order valence-electron chi connectivity index (χ0n) is 18.7. The lowest BCUT2D eigenvalue weighted by molar-refractivity contribution is -0.130. The van der Waals surface area contributed by atoms with Crippen LogP contribution < -0.4 is 0 Å². The molecule has 0 bridgehead atoms. The Kier molecular flexibility index (Phi) is 7.18. The van der Waals surface area contributed by atoms with Crippen molar-refractivity contribution in [1.29, 1.82) is 0 Å². The van der Waals surface area contributed by atoms with Crippen molar-refractivity contribution >= 4 is 11.7 Å². The standard InChI is InChI=1S/C27H34N2O2/c1-21(30)29-17-11-22(12-18-29)7-10-27(31)26-9-8-24-13-15-28(16-14-25(24)19-26)20-23-5-3-2-4-6-23/h2-6,8-9,19,22H,7,10-18,20H2,1H3. The van der Waals surface area contributed by atoms with Crippen molar-refractivity contribution in [2.45, 2.75) is 52.0 Å². The Balaban J connectivity index is 1.30. The SMILES string of the molecule is CC(=O)N1CCC(CCC(=O)c2ccc3c(c2)CCN(Cc2ccccc2)CC3)CC1. The minimum absolute atomic E-state index is 0.168. The molecule has 0 saturated carbocycles. The number of carbonyl (C=O) groups excluding carboxylic acids is 2. The van der Waals surface area contributed by atoms with Crippen molar-refractivity contribution in [1.82, 2.24) is 9.80 Å². The third kappa shape index (κ3) is 5.82. The summed E-state index contributed by atoms with van der Waals surface area (Å²) < 4.78 is 0. The van der Waals surface area contributed by atoms with Crippen molar-refractivity contribution in [3.05, 3.63) is 70.8 Å². The van der Waals surface area contributed by atoms with E-state index in [0.29, 0.717) is 12.3 Å². The van der Waals surface area contributed by atoms with E-state index >= 15 is 0 Å². The first-order chi connectivity index (χ1) is 15.1. The molecule has 2 aromatic rings. The van der Waals surface area contributed by atoms with Gasteiger partial charge < -0.3 is 4.90 Å². The van der Waals surface area contributed by atoms with E-state index in [4.69, 9.17) is 0 Å². The molecule has 1 fully saturated rings. The van der Waals surface area contributed by atoms with Gasteiger partial charge in [-0.1, -0.05) is 42.5 Å². The molecular weight excluding hydrogens is 384 g/mol. The summed E-state index contributed by atoms with van der Waals surface area (Å²) in [6, 6.07) is 17.0. The molecule has 0 unspecified atom stereocenters.